The summed E-state index contributed by atoms with van der Waals surface area (Å²) in [6.45, 7) is 0. The molecule has 5 heteroatoms. The third-order valence-corrected chi connectivity index (χ3v) is 1.61. The highest BCUT2D eigenvalue weighted by Crippen LogP contribution is 2.15. The minimum Gasteiger partial charge on any atom is -0.467 e. The number of H-pyrrole nitrogens is 1. The van der Waals surface area contributed by atoms with E-state index < -0.39 is 0 Å². The summed E-state index contributed by atoms with van der Waals surface area (Å²) in [6, 6.07) is 2.16. The van der Waals surface area contributed by atoms with Gasteiger partial charge in [-0.3, -0.25) is 5.10 Å². The first-order valence-electron chi connectivity index (χ1n) is 3.76. The van der Waals surface area contributed by atoms with Gasteiger partial charge in [0.2, 0.25) is 0 Å². The summed E-state index contributed by atoms with van der Waals surface area (Å²) in [6.07, 6.45) is 5.11. The zero-order valence-electron chi connectivity index (χ0n) is 7.06. The van der Waals surface area contributed by atoms with Crippen molar-refractivity contribution in [3.8, 4) is 17.3 Å². The normalized spacial score (nSPS) is 9.92. The van der Waals surface area contributed by atoms with Crippen molar-refractivity contribution in [2.75, 3.05) is 7.11 Å². The van der Waals surface area contributed by atoms with E-state index in [-0.39, 0.29) is 0 Å². The van der Waals surface area contributed by atoms with Gasteiger partial charge in [-0.25, -0.2) is 4.98 Å². The first kappa shape index (κ1) is 7.72. The Bertz CT molecular complexity index is 385. The first-order chi connectivity index (χ1) is 6.40. The second kappa shape index (κ2) is 3.22. The minimum absolute atomic E-state index is 0.360. The van der Waals surface area contributed by atoms with Crippen molar-refractivity contribution in [3.05, 3.63) is 24.7 Å². The number of nitrogens with zero attached hydrogens (tertiary/aromatic N) is 3. The fourth-order valence-corrected chi connectivity index (χ4v) is 0.991. The van der Waals surface area contributed by atoms with Crippen LogP contribution in [0.3, 0.4) is 0 Å². The maximum absolute atomic E-state index is 4.90. The minimum atomic E-state index is 0.360. The molecule has 0 atom stereocenters. The Kier molecular flexibility index (Phi) is 1.91. The average Bonchev–Trinajstić information content (AvgIpc) is 2.71. The number of methoxy groups -OCH3 is 1. The standard InChI is InChI=1S/C8H8N4O/c1-13-8-9-3-2-7(12-8)6-4-10-11-5-6/h2-5H,1H3,(H,10,11). The van der Waals surface area contributed by atoms with Crippen LogP contribution in [-0.2, 0) is 0 Å². The van der Waals surface area contributed by atoms with E-state index in [1.165, 1.54) is 7.11 Å². The van der Waals surface area contributed by atoms with Crippen molar-refractivity contribution in [3.63, 3.8) is 0 Å². The predicted octanol–water partition coefficient (Wildman–Crippen LogP) is 0.875. The molecule has 0 radical (unpaired) electrons. The number of nitrogens with one attached hydrogen (secondary N) is 1. The van der Waals surface area contributed by atoms with E-state index in [1.54, 1.807) is 24.7 Å². The van der Waals surface area contributed by atoms with Gasteiger partial charge in [-0.05, 0) is 6.07 Å². The number of hydrogen-bond donors (Lipinski definition) is 1. The van der Waals surface area contributed by atoms with Crippen LogP contribution in [0.5, 0.6) is 6.01 Å². The Balaban J connectivity index is 2.41. The lowest BCUT2D eigenvalue weighted by Gasteiger charge is -1.98. The Morgan fingerprint density at radius 1 is 1.46 bits per heavy atom. The topological polar surface area (TPSA) is 63.7 Å². The van der Waals surface area contributed by atoms with Crippen molar-refractivity contribution in [1.29, 1.82) is 0 Å². The van der Waals surface area contributed by atoms with Gasteiger partial charge in [0.1, 0.15) is 0 Å². The molecule has 1 N–H and O–H groups in total. The van der Waals surface area contributed by atoms with E-state index in [2.05, 4.69) is 20.2 Å². The second-order valence-corrected chi connectivity index (χ2v) is 2.42. The number of aromatic amines is 1. The lowest BCUT2D eigenvalue weighted by molar-refractivity contribution is 0.380. The molecule has 0 aliphatic heterocycles. The second-order valence-electron chi connectivity index (χ2n) is 2.42. The van der Waals surface area contributed by atoms with Crippen LogP contribution in [0.15, 0.2) is 24.7 Å². The molecule has 2 rings (SSSR count). The summed E-state index contributed by atoms with van der Waals surface area (Å²) in [5.74, 6) is 0. The molecule has 0 aliphatic carbocycles. The van der Waals surface area contributed by atoms with Gasteiger partial charge in [0, 0.05) is 18.0 Å². The van der Waals surface area contributed by atoms with Gasteiger partial charge in [0.15, 0.2) is 0 Å². The summed E-state index contributed by atoms with van der Waals surface area (Å²) in [4.78, 5) is 8.04. The van der Waals surface area contributed by atoms with Crippen LogP contribution in [0.25, 0.3) is 11.3 Å². The van der Waals surface area contributed by atoms with Gasteiger partial charge < -0.3 is 4.74 Å². The fraction of sp³-hybridized carbons (Fsp3) is 0.125. The molecule has 0 fully saturated rings. The summed E-state index contributed by atoms with van der Waals surface area (Å²) in [5, 5.41) is 6.54. The van der Waals surface area contributed by atoms with Crippen LogP contribution in [-0.4, -0.2) is 27.3 Å². The molecule has 13 heavy (non-hydrogen) atoms. The molecule has 0 spiro atoms. The monoisotopic (exact) mass is 176 g/mol. The maximum Gasteiger partial charge on any atom is 0.316 e. The van der Waals surface area contributed by atoms with E-state index in [0.717, 1.165) is 11.3 Å². The van der Waals surface area contributed by atoms with Crippen LogP contribution in [0.4, 0.5) is 0 Å². The average molecular weight is 176 g/mol. The van der Waals surface area contributed by atoms with Crippen LogP contribution >= 0.6 is 0 Å². The van der Waals surface area contributed by atoms with Crippen molar-refractivity contribution in [1.82, 2.24) is 20.2 Å². The lowest BCUT2D eigenvalue weighted by atomic mass is 10.2. The molecule has 66 valence electrons. The maximum atomic E-state index is 4.90. The highest BCUT2D eigenvalue weighted by molar-refractivity contribution is 5.56. The Morgan fingerprint density at radius 3 is 3.08 bits per heavy atom. The molecule has 0 saturated carbocycles. The molecule has 0 unspecified atom stereocenters. The van der Waals surface area contributed by atoms with Crippen LogP contribution in [0.2, 0.25) is 0 Å². The molecule has 0 aliphatic rings. The molecule has 0 aromatic carbocycles. The highest BCUT2D eigenvalue weighted by Gasteiger charge is 2.01. The molecule has 2 heterocycles. The highest BCUT2D eigenvalue weighted by atomic mass is 16.5. The summed E-state index contributed by atoms with van der Waals surface area (Å²) in [5.41, 5.74) is 1.71. The van der Waals surface area contributed by atoms with Gasteiger partial charge in [0.25, 0.3) is 0 Å². The molecule has 0 bridgehead atoms. The van der Waals surface area contributed by atoms with E-state index in [4.69, 9.17) is 4.74 Å². The first-order valence-corrected chi connectivity index (χ1v) is 3.76. The van der Waals surface area contributed by atoms with Crippen LogP contribution in [0.1, 0.15) is 0 Å². The number of aromatic nitrogens is 4. The zero-order chi connectivity index (χ0) is 9.10. The molecule has 0 saturated heterocycles. The van der Waals surface area contributed by atoms with E-state index in [9.17, 15) is 0 Å². The number of rotatable bonds is 2. The quantitative estimate of drug-likeness (QED) is 0.737. The number of ether oxygens (including phenoxy) is 1. The lowest BCUT2D eigenvalue weighted by Crippen LogP contribution is -1.92. The van der Waals surface area contributed by atoms with Gasteiger partial charge in [-0.1, -0.05) is 0 Å². The Morgan fingerprint density at radius 2 is 2.38 bits per heavy atom. The van der Waals surface area contributed by atoms with Crippen molar-refractivity contribution < 1.29 is 4.74 Å². The van der Waals surface area contributed by atoms with Crippen molar-refractivity contribution >= 4 is 0 Å². The largest absolute Gasteiger partial charge is 0.467 e. The number of hydrogen-bond acceptors (Lipinski definition) is 4. The van der Waals surface area contributed by atoms with Gasteiger partial charge in [-0.15, -0.1) is 0 Å². The van der Waals surface area contributed by atoms with Gasteiger partial charge in [-0.2, -0.15) is 10.1 Å². The van der Waals surface area contributed by atoms with Gasteiger partial charge >= 0.3 is 6.01 Å². The Labute approximate surface area is 74.8 Å². The SMILES string of the molecule is COc1nccc(-c2cn[nH]c2)n1. The zero-order valence-corrected chi connectivity index (χ0v) is 7.06. The van der Waals surface area contributed by atoms with Crippen molar-refractivity contribution in [2.24, 2.45) is 0 Å². The van der Waals surface area contributed by atoms with Crippen molar-refractivity contribution in [2.45, 2.75) is 0 Å². The molecular weight excluding hydrogens is 168 g/mol. The van der Waals surface area contributed by atoms with E-state index in [0.29, 0.717) is 6.01 Å². The van der Waals surface area contributed by atoms with Crippen LogP contribution in [0, 0.1) is 0 Å². The summed E-state index contributed by atoms with van der Waals surface area (Å²) in [7, 11) is 1.54. The third kappa shape index (κ3) is 1.48. The molecule has 0 amide bonds. The van der Waals surface area contributed by atoms with Crippen LogP contribution < -0.4 is 4.74 Å². The Hall–Kier alpha value is -1.91. The molecule has 2 aromatic rings. The molecule has 5 nitrogen and oxygen atoms in total. The predicted molar refractivity (Wildman–Crippen MR) is 46.2 cm³/mol. The van der Waals surface area contributed by atoms with E-state index >= 15 is 0 Å². The summed E-state index contributed by atoms with van der Waals surface area (Å²) >= 11 is 0. The van der Waals surface area contributed by atoms with E-state index in [1.807, 2.05) is 0 Å². The molecular formula is C8H8N4O. The third-order valence-electron chi connectivity index (χ3n) is 1.61. The fourth-order valence-electron chi connectivity index (χ4n) is 0.991. The molecule has 2 aromatic heterocycles. The van der Waals surface area contributed by atoms with Gasteiger partial charge in [0.05, 0.1) is 19.0 Å². The summed E-state index contributed by atoms with van der Waals surface area (Å²) < 4.78 is 4.90. The smallest absolute Gasteiger partial charge is 0.316 e.